The number of amides is 1. The highest BCUT2D eigenvalue weighted by Crippen LogP contribution is 2.63. The van der Waals surface area contributed by atoms with Crippen molar-refractivity contribution in [3.8, 4) is 11.5 Å². The maximum absolute atomic E-state index is 13.5. The first-order valence-corrected chi connectivity index (χ1v) is 13.1. The van der Waals surface area contributed by atoms with Gasteiger partial charge in [-0.3, -0.25) is 9.69 Å². The van der Waals surface area contributed by atoms with Gasteiger partial charge in [0, 0.05) is 23.8 Å². The van der Waals surface area contributed by atoms with Crippen LogP contribution in [-0.4, -0.2) is 57.0 Å². The molecule has 6 rings (SSSR count). The van der Waals surface area contributed by atoms with Crippen LogP contribution in [0.3, 0.4) is 0 Å². The Morgan fingerprint density at radius 2 is 2.05 bits per heavy atom. The minimum absolute atomic E-state index is 0.00741. The summed E-state index contributed by atoms with van der Waals surface area (Å²) >= 11 is 5.84. The third-order valence-corrected chi connectivity index (χ3v) is 9.18. The number of aromatic hydroxyl groups is 1. The third-order valence-electron chi connectivity index (χ3n) is 8.89. The second kappa shape index (κ2) is 8.35. The van der Waals surface area contributed by atoms with Gasteiger partial charge in [0.15, 0.2) is 17.6 Å². The van der Waals surface area contributed by atoms with Crippen molar-refractivity contribution in [2.75, 3.05) is 18.4 Å². The van der Waals surface area contributed by atoms with Crippen LogP contribution < -0.4 is 10.1 Å². The molecule has 37 heavy (non-hydrogen) atoms. The van der Waals surface area contributed by atoms with Gasteiger partial charge < -0.3 is 25.4 Å². The Labute approximate surface area is 219 Å². The van der Waals surface area contributed by atoms with Crippen LogP contribution in [0.25, 0.3) is 0 Å². The molecule has 9 heteroatoms. The Bertz CT molecular complexity index is 1340. The standard InChI is InChI=1S/C28H30ClFN2O5/c1-14(26(35)31-17-6-7-19(30)18(29)12-17)23(34)25-28-9-10-32(13-15-3-4-15)21(27(28,2)36)11-16-5-8-20(33)24(37-25)22(16)28/h5-8,12,15,21,25,33-34,36H,3-4,9-11,13H2,1-2H3,(H,31,35)/b23-14-/t21-,25+,27-,28+/m1/s1. The van der Waals surface area contributed by atoms with Crippen molar-refractivity contribution in [2.45, 2.75) is 62.7 Å². The fraction of sp³-hybridized carbons (Fsp3) is 0.464. The van der Waals surface area contributed by atoms with E-state index < -0.39 is 28.8 Å². The number of ether oxygens (including phenoxy) is 1. The molecular weight excluding hydrogens is 499 g/mol. The smallest absolute Gasteiger partial charge is 0.254 e. The fourth-order valence-electron chi connectivity index (χ4n) is 6.68. The minimum Gasteiger partial charge on any atom is -0.508 e. The average molecular weight is 529 g/mol. The molecule has 2 aromatic rings. The number of benzene rings is 2. The van der Waals surface area contributed by atoms with E-state index in [0.717, 1.165) is 23.7 Å². The lowest BCUT2D eigenvalue weighted by atomic mass is 9.53. The number of carbonyl (C=O) groups is 1. The molecule has 4 N–H and O–H groups in total. The van der Waals surface area contributed by atoms with Gasteiger partial charge in [-0.25, -0.2) is 4.39 Å². The van der Waals surface area contributed by atoms with E-state index in [2.05, 4.69) is 10.2 Å². The van der Waals surface area contributed by atoms with Crippen molar-refractivity contribution >= 4 is 23.2 Å². The highest BCUT2D eigenvalue weighted by Gasteiger charge is 2.69. The molecule has 1 spiro atoms. The van der Waals surface area contributed by atoms with Crippen LogP contribution >= 0.6 is 11.6 Å². The van der Waals surface area contributed by atoms with Crippen LogP contribution in [0.2, 0.25) is 5.02 Å². The fourth-order valence-corrected chi connectivity index (χ4v) is 6.86. The van der Waals surface area contributed by atoms with Crippen molar-refractivity contribution in [3.05, 3.63) is 63.6 Å². The first-order chi connectivity index (χ1) is 17.5. The topological polar surface area (TPSA) is 102 Å². The first-order valence-electron chi connectivity index (χ1n) is 12.7. The van der Waals surface area contributed by atoms with Crippen LogP contribution in [0.5, 0.6) is 11.5 Å². The molecule has 2 aliphatic heterocycles. The van der Waals surface area contributed by atoms with E-state index in [1.807, 2.05) is 6.07 Å². The number of rotatable bonds is 5. The van der Waals surface area contributed by atoms with Crippen LogP contribution in [0, 0.1) is 11.7 Å². The quantitative estimate of drug-likeness (QED) is 0.338. The predicted octanol–water partition coefficient (Wildman–Crippen LogP) is 4.45. The second-order valence-corrected chi connectivity index (χ2v) is 11.5. The molecule has 1 amide bonds. The highest BCUT2D eigenvalue weighted by atomic mass is 35.5. The lowest BCUT2D eigenvalue weighted by molar-refractivity contribution is -0.153. The van der Waals surface area contributed by atoms with Crippen molar-refractivity contribution in [3.63, 3.8) is 0 Å². The molecular formula is C28H30ClFN2O5. The maximum Gasteiger partial charge on any atom is 0.254 e. The van der Waals surface area contributed by atoms with E-state index >= 15 is 0 Å². The van der Waals surface area contributed by atoms with Gasteiger partial charge in [0.25, 0.3) is 5.91 Å². The number of nitrogens with one attached hydrogen (secondary N) is 1. The van der Waals surface area contributed by atoms with E-state index in [0.29, 0.717) is 25.3 Å². The number of carbonyl (C=O) groups excluding carboxylic acids is 1. The van der Waals surface area contributed by atoms with Gasteiger partial charge in [0.05, 0.1) is 21.6 Å². The molecule has 2 aliphatic carbocycles. The largest absolute Gasteiger partial charge is 0.508 e. The van der Waals surface area contributed by atoms with E-state index in [-0.39, 0.29) is 39.6 Å². The number of piperidine rings is 1. The van der Waals surface area contributed by atoms with Crippen LogP contribution in [0.15, 0.2) is 41.7 Å². The van der Waals surface area contributed by atoms with Gasteiger partial charge in [-0.05, 0) is 81.8 Å². The molecule has 2 heterocycles. The monoisotopic (exact) mass is 528 g/mol. The molecule has 0 unspecified atom stereocenters. The van der Waals surface area contributed by atoms with Crippen molar-refractivity contribution in [1.29, 1.82) is 0 Å². The highest BCUT2D eigenvalue weighted by molar-refractivity contribution is 6.31. The SMILES string of the molecule is C/C(C(=O)Nc1ccc(F)c(Cl)c1)=C(/O)[C@@H]1Oc2c(O)ccc3c2[C@@]12CCN(CC1CC1)[C@H](C3)[C@@]2(C)O. The number of hydrogen-bond donors (Lipinski definition) is 4. The number of fused-ring (bicyclic) bond motifs is 1. The lowest BCUT2D eigenvalue weighted by Gasteiger charge is -2.59. The lowest BCUT2D eigenvalue weighted by Crippen LogP contribution is -2.73. The molecule has 196 valence electrons. The minimum atomic E-state index is -1.30. The summed E-state index contributed by atoms with van der Waals surface area (Å²) in [6, 6.07) is 7.07. The Morgan fingerprint density at radius 1 is 1.30 bits per heavy atom. The number of phenolic OH excluding ortho intramolecular Hbond substituents is 1. The summed E-state index contributed by atoms with van der Waals surface area (Å²) in [6.07, 6.45) is 2.43. The number of phenols is 1. The number of halogens is 2. The number of likely N-dealkylation sites (tertiary alicyclic amines) is 1. The van der Waals surface area contributed by atoms with Crippen LogP contribution in [0.4, 0.5) is 10.1 Å². The van der Waals surface area contributed by atoms with Crippen molar-refractivity contribution < 1.29 is 29.2 Å². The normalized spacial score (nSPS) is 30.8. The van der Waals surface area contributed by atoms with E-state index in [1.165, 1.54) is 31.9 Å². The zero-order valence-electron chi connectivity index (χ0n) is 20.7. The van der Waals surface area contributed by atoms with Gasteiger partial charge in [-0.15, -0.1) is 0 Å². The van der Waals surface area contributed by atoms with Crippen LogP contribution in [0.1, 0.15) is 44.2 Å². The van der Waals surface area contributed by atoms with Gasteiger partial charge in [0.1, 0.15) is 11.6 Å². The Morgan fingerprint density at radius 3 is 2.76 bits per heavy atom. The molecule has 2 bridgehead atoms. The predicted molar refractivity (Wildman–Crippen MR) is 137 cm³/mol. The first kappa shape index (κ1) is 24.5. The number of anilines is 1. The average Bonchev–Trinajstić information content (AvgIpc) is 3.59. The van der Waals surface area contributed by atoms with Gasteiger partial charge in [0.2, 0.25) is 0 Å². The van der Waals surface area contributed by atoms with Gasteiger partial charge in [-0.1, -0.05) is 17.7 Å². The summed E-state index contributed by atoms with van der Waals surface area (Å²) in [5.41, 5.74) is -0.392. The molecule has 2 aromatic carbocycles. The van der Waals surface area contributed by atoms with Gasteiger partial charge >= 0.3 is 0 Å². The number of hydrogen-bond acceptors (Lipinski definition) is 6. The van der Waals surface area contributed by atoms with E-state index in [4.69, 9.17) is 16.3 Å². The summed E-state index contributed by atoms with van der Waals surface area (Å²) < 4.78 is 19.8. The number of aliphatic hydroxyl groups excluding tert-OH is 1. The second-order valence-electron chi connectivity index (χ2n) is 11.1. The van der Waals surface area contributed by atoms with Crippen LogP contribution in [-0.2, 0) is 16.6 Å². The molecule has 4 atom stereocenters. The van der Waals surface area contributed by atoms with Crippen molar-refractivity contribution in [2.24, 2.45) is 5.92 Å². The van der Waals surface area contributed by atoms with Crippen molar-refractivity contribution in [1.82, 2.24) is 4.90 Å². The summed E-state index contributed by atoms with van der Waals surface area (Å²) in [6.45, 7) is 4.89. The summed E-state index contributed by atoms with van der Waals surface area (Å²) in [4.78, 5) is 15.4. The van der Waals surface area contributed by atoms with Gasteiger partial charge in [-0.2, -0.15) is 0 Å². The molecule has 0 radical (unpaired) electrons. The zero-order chi connectivity index (χ0) is 26.3. The molecule has 4 aliphatic rings. The van der Waals surface area contributed by atoms with E-state index in [1.54, 1.807) is 13.0 Å². The molecule has 7 nitrogen and oxygen atoms in total. The Hall–Kier alpha value is -2.81. The number of aliphatic hydroxyl groups is 2. The molecule has 1 saturated carbocycles. The summed E-state index contributed by atoms with van der Waals surface area (Å²) in [5, 5.41) is 36.9. The number of nitrogens with zero attached hydrogens (tertiary/aromatic N) is 1. The summed E-state index contributed by atoms with van der Waals surface area (Å²) in [5.74, 6) is -0.698. The Balaban J connectivity index is 1.41. The summed E-state index contributed by atoms with van der Waals surface area (Å²) in [7, 11) is 0. The maximum atomic E-state index is 13.5. The molecule has 2 fully saturated rings. The van der Waals surface area contributed by atoms with E-state index in [9.17, 15) is 24.5 Å². The molecule has 1 saturated heterocycles. The third kappa shape index (κ3) is 3.56. The molecule has 0 aromatic heterocycles. The zero-order valence-corrected chi connectivity index (χ0v) is 21.5. The Kier molecular flexibility index (Phi) is 5.53.